The average molecular weight is 555 g/mol. The molecular formula is C33H50N2O5. The molecule has 0 saturated carbocycles. The van der Waals surface area contributed by atoms with Gasteiger partial charge in [-0.15, -0.1) is 0 Å². The highest BCUT2D eigenvalue weighted by Crippen LogP contribution is 2.45. The van der Waals surface area contributed by atoms with Crippen molar-refractivity contribution in [2.45, 2.75) is 70.0 Å². The van der Waals surface area contributed by atoms with Gasteiger partial charge < -0.3 is 29.1 Å². The number of benzene rings is 2. The first-order valence-corrected chi connectivity index (χ1v) is 14.9. The number of piperidine rings is 1. The predicted molar refractivity (Wildman–Crippen MR) is 160 cm³/mol. The van der Waals surface area contributed by atoms with Gasteiger partial charge in [0.05, 0.1) is 26.2 Å². The Kier molecular flexibility index (Phi) is 13.4. The number of nitrogens with zero attached hydrogens (tertiary/aromatic N) is 2. The standard InChI is InChI=1S/C33H50N2O5/c1-5-6-7-11-20-35(26-32(38-3)39-4)31(37)17-24-40-23-16-27-14-15-30(36)29(25-27)33(18-21-34(2)22-19-33)28-12-9-8-10-13-28/h8-10,12-15,25,32,36H,5-7,11,16-24,26H2,1-4H3. The smallest absolute Gasteiger partial charge is 0.225 e. The minimum atomic E-state index is -0.427. The number of hydrogen-bond donors (Lipinski definition) is 1. The lowest BCUT2D eigenvalue weighted by atomic mass is 9.67. The van der Waals surface area contributed by atoms with Crippen molar-refractivity contribution < 1.29 is 24.1 Å². The van der Waals surface area contributed by atoms with Gasteiger partial charge in [0, 0.05) is 31.7 Å². The van der Waals surface area contributed by atoms with Crippen LogP contribution in [-0.2, 0) is 30.8 Å². The molecule has 3 rings (SSSR count). The van der Waals surface area contributed by atoms with Crippen molar-refractivity contribution in [1.29, 1.82) is 0 Å². The molecule has 40 heavy (non-hydrogen) atoms. The molecule has 0 aromatic heterocycles. The average Bonchev–Trinajstić information content (AvgIpc) is 2.98. The largest absolute Gasteiger partial charge is 0.508 e. The van der Waals surface area contributed by atoms with Crippen LogP contribution >= 0.6 is 0 Å². The first-order valence-electron chi connectivity index (χ1n) is 14.9. The van der Waals surface area contributed by atoms with Crippen molar-refractivity contribution in [3.05, 3.63) is 65.2 Å². The minimum Gasteiger partial charge on any atom is -0.508 e. The summed E-state index contributed by atoms with van der Waals surface area (Å²) in [6, 6.07) is 16.6. The highest BCUT2D eigenvalue weighted by atomic mass is 16.7. The highest BCUT2D eigenvalue weighted by molar-refractivity contribution is 5.76. The van der Waals surface area contributed by atoms with Crippen LogP contribution in [0.25, 0.3) is 0 Å². The third-order valence-electron chi connectivity index (χ3n) is 8.27. The molecule has 7 nitrogen and oxygen atoms in total. The van der Waals surface area contributed by atoms with Crippen LogP contribution in [0.4, 0.5) is 0 Å². The van der Waals surface area contributed by atoms with Crippen molar-refractivity contribution in [3.8, 4) is 5.75 Å². The van der Waals surface area contributed by atoms with E-state index in [9.17, 15) is 9.90 Å². The van der Waals surface area contributed by atoms with Crippen molar-refractivity contribution >= 4 is 5.91 Å². The Morgan fingerprint density at radius 1 is 1.02 bits per heavy atom. The summed E-state index contributed by atoms with van der Waals surface area (Å²) in [6.07, 6.45) is 6.98. The Bertz CT molecular complexity index is 1000. The van der Waals surface area contributed by atoms with Crippen LogP contribution in [0.2, 0.25) is 0 Å². The lowest BCUT2D eigenvalue weighted by Gasteiger charge is -2.42. The van der Waals surface area contributed by atoms with Crippen LogP contribution < -0.4 is 0 Å². The highest BCUT2D eigenvalue weighted by Gasteiger charge is 2.39. The molecule has 2 aromatic rings. The summed E-state index contributed by atoms with van der Waals surface area (Å²) in [6.45, 7) is 6.18. The van der Waals surface area contributed by atoms with Crippen molar-refractivity contribution in [3.63, 3.8) is 0 Å². The molecule has 1 aliphatic rings. The lowest BCUT2D eigenvalue weighted by molar-refractivity contribution is -0.146. The van der Waals surface area contributed by atoms with E-state index in [1.807, 2.05) is 23.1 Å². The topological polar surface area (TPSA) is 71.5 Å². The Morgan fingerprint density at radius 2 is 1.75 bits per heavy atom. The molecule has 0 atom stereocenters. The summed E-state index contributed by atoms with van der Waals surface area (Å²) < 4.78 is 16.6. The van der Waals surface area contributed by atoms with Crippen LogP contribution in [0.5, 0.6) is 5.75 Å². The summed E-state index contributed by atoms with van der Waals surface area (Å²) in [7, 11) is 5.35. The molecule has 0 spiro atoms. The Labute approximate surface area is 241 Å². The molecule has 1 heterocycles. The number of phenols is 1. The van der Waals surface area contributed by atoms with E-state index >= 15 is 0 Å². The van der Waals surface area contributed by atoms with E-state index < -0.39 is 6.29 Å². The summed E-state index contributed by atoms with van der Waals surface area (Å²) in [5.41, 5.74) is 3.19. The molecule has 0 aliphatic carbocycles. The number of aromatic hydroxyl groups is 1. The molecule has 1 N–H and O–H groups in total. The first-order chi connectivity index (χ1) is 19.4. The fourth-order valence-corrected chi connectivity index (χ4v) is 5.68. The van der Waals surface area contributed by atoms with Gasteiger partial charge in [-0.3, -0.25) is 4.79 Å². The maximum atomic E-state index is 13.0. The number of hydrogen-bond acceptors (Lipinski definition) is 6. The number of carbonyl (C=O) groups is 1. The summed E-state index contributed by atoms with van der Waals surface area (Å²) >= 11 is 0. The summed E-state index contributed by atoms with van der Waals surface area (Å²) in [5.74, 6) is 0.419. The molecule has 1 saturated heterocycles. The fourth-order valence-electron chi connectivity index (χ4n) is 5.68. The van der Waals surface area contributed by atoms with Crippen LogP contribution in [-0.4, -0.2) is 87.8 Å². The Hall–Kier alpha value is -2.45. The maximum absolute atomic E-state index is 13.0. The normalized spacial score (nSPS) is 15.4. The van der Waals surface area contributed by atoms with E-state index in [4.69, 9.17) is 14.2 Å². The van der Waals surface area contributed by atoms with Crippen molar-refractivity contribution in [2.75, 3.05) is 60.7 Å². The van der Waals surface area contributed by atoms with Gasteiger partial charge in [0.15, 0.2) is 6.29 Å². The second kappa shape index (κ2) is 16.7. The molecule has 2 aromatic carbocycles. The third kappa shape index (κ3) is 9.03. The van der Waals surface area contributed by atoms with E-state index in [0.717, 1.165) is 62.7 Å². The van der Waals surface area contributed by atoms with Crippen LogP contribution in [0.15, 0.2) is 48.5 Å². The number of amides is 1. The van der Waals surface area contributed by atoms with Gasteiger partial charge in [0.2, 0.25) is 5.91 Å². The number of unbranched alkanes of at least 4 members (excludes halogenated alkanes) is 3. The van der Waals surface area contributed by atoms with Crippen molar-refractivity contribution in [2.24, 2.45) is 0 Å². The number of carbonyl (C=O) groups excluding carboxylic acids is 1. The molecular weight excluding hydrogens is 504 g/mol. The Morgan fingerprint density at radius 3 is 2.42 bits per heavy atom. The van der Waals surface area contributed by atoms with Crippen LogP contribution in [0.3, 0.4) is 0 Å². The van der Waals surface area contributed by atoms with E-state index in [1.165, 1.54) is 12.0 Å². The number of phenolic OH excluding ortho intramolecular Hbond substituents is 1. The zero-order valence-electron chi connectivity index (χ0n) is 25.1. The van der Waals surface area contributed by atoms with Crippen LogP contribution in [0.1, 0.15) is 68.6 Å². The van der Waals surface area contributed by atoms with Crippen molar-refractivity contribution in [1.82, 2.24) is 9.80 Å². The van der Waals surface area contributed by atoms with E-state index in [1.54, 1.807) is 14.2 Å². The van der Waals surface area contributed by atoms with Gasteiger partial charge in [-0.05, 0) is 63.0 Å². The molecule has 1 aliphatic heterocycles. The molecule has 222 valence electrons. The molecule has 7 heteroatoms. The Balaban J connectivity index is 1.57. The summed E-state index contributed by atoms with van der Waals surface area (Å²) in [4.78, 5) is 17.2. The quantitative estimate of drug-likeness (QED) is 0.209. The SMILES string of the molecule is CCCCCCN(CC(OC)OC)C(=O)CCOCCc1ccc(O)c(C2(c3ccccc3)CCN(C)CC2)c1. The molecule has 1 fully saturated rings. The van der Waals surface area contributed by atoms with Gasteiger partial charge >= 0.3 is 0 Å². The number of methoxy groups -OCH3 is 2. The zero-order chi connectivity index (χ0) is 28.8. The monoisotopic (exact) mass is 554 g/mol. The van der Waals surface area contributed by atoms with Gasteiger partial charge in [-0.1, -0.05) is 68.7 Å². The minimum absolute atomic E-state index is 0.0644. The van der Waals surface area contributed by atoms with E-state index in [-0.39, 0.29) is 11.3 Å². The van der Waals surface area contributed by atoms with Gasteiger partial charge in [0.25, 0.3) is 0 Å². The van der Waals surface area contributed by atoms with Gasteiger partial charge in [-0.25, -0.2) is 0 Å². The predicted octanol–water partition coefficient (Wildman–Crippen LogP) is 5.38. The summed E-state index contributed by atoms with van der Waals surface area (Å²) in [5, 5.41) is 11.0. The molecule has 0 bridgehead atoms. The third-order valence-corrected chi connectivity index (χ3v) is 8.27. The number of likely N-dealkylation sites (tertiary alicyclic amines) is 1. The second-order valence-electron chi connectivity index (χ2n) is 11.0. The first kappa shape index (κ1) is 32.1. The van der Waals surface area contributed by atoms with Gasteiger partial charge in [0.1, 0.15) is 5.75 Å². The number of rotatable bonds is 17. The molecule has 0 radical (unpaired) electrons. The molecule has 0 unspecified atom stereocenters. The molecule has 1 amide bonds. The maximum Gasteiger partial charge on any atom is 0.225 e. The second-order valence-corrected chi connectivity index (χ2v) is 11.0. The zero-order valence-corrected chi connectivity index (χ0v) is 25.1. The van der Waals surface area contributed by atoms with E-state index in [2.05, 4.69) is 49.2 Å². The van der Waals surface area contributed by atoms with Crippen LogP contribution in [0, 0.1) is 0 Å². The van der Waals surface area contributed by atoms with E-state index in [0.29, 0.717) is 38.5 Å². The van der Waals surface area contributed by atoms with Gasteiger partial charge in [-0.2, -0.15) is 0 Å². The fraction of sp³-hybridized carbons (Fsp3) is 0.606. The lowest BCUT2D eigenvalue weighted by Crippen LogP contribution is -2.41. The number of ether oxygens (including phenoxy) is 3.